The van der Waals surface area contributed by atoms with Crippen molar-refractivity contribution in [2.75, 3.05) is 18.0 Å². The first-order valence-electron chi connectivity index (χ1n) is 8.69. The molecule has 5 heteroatoms. The van der Waals surface area contributed by atoms with Gasteiger partial charge in [-0.2, -0.15) is 0 Å². The van der Waals surface area contributed by atoms with Gasteiger partial charge < -0.3 is 14.7 Å². The number of pyridine rings is 1. The highest BCUT2D eigenvalue weighted by Gasteiger charge is 2.11. The zero-order valence-electron chi connectivity index (χ0n) is 15.2. The third kappa shape index (κ3) is 3.61. The lowest BCUT2D eigenvalue weighted by Crippen LogP contribution is -2.21. The van der Waals surface area contributed by atoms with E-state index in [0.29, 0.717) is 22.4 Å². The monoisotopic (exact) mass is 350 g/mol. The van der Waals surface area contributed by atoms with Gasteiger partial charge in [-0.25, -0.2) is 4.79 Å². The summed E-state index contributed by atoms with van der Waals surface area (Å²) in [5, 5.41) is 9.95. The van der Waals surface area contributed by atoms with Crippen molar-refractivity contribution in [2.45, 2.75) is 20.8 Å². The van der Waals surface area contributed by atoms with E-state index in [0.717, 1.165) is 24.5 Å². The molecule has 26 heavy (non-hydrogen) atoms. The Morgan fingerprint density at radius 2 is 1.88 bits per heavy atom. The quantitative estimate of drug-likeness (QED) is 0.686. The molecule has 0 aliphatic heterocycles. The van der Waals surface area contributed by atoms with Crippen molar-refractivity contribution in [3.8, 4) is 11.5 Å². The van der Waals surface area contributed by atoms with E-state index in [4.69, 9.17) is 4.74 Å². The van der Waals surface area contributed by atoms with Gasteiger partial charge in [0.15, 0.2) is 0 Å². The molecule has 0 aliphatic carbocycles. The largest absolute Gasteiger partial charge is 0.478 e. The number of carboxylic acid groups (broad SMARTS) is 1. The summed E-state index contributed by atoms with van der Waals surface area (Å²) in [7, 11) is 0. The van der Waals surface area contributed by atoms with Crippen LogP contribution < -0.4 is 9.64 Å². The molecule has 2 aromatic carbocycles. The minimum absolute atomic E-state index is 0.213. The Morgan fingerprint density at radius 1 is 1.12 bits per heavy atom. The Kier molecular flexibility index (Phi) is 5.07. The Hall–Kier alpha value is -3.08. The van der Waals surface area contributed by atoms with Crippen LogP contribution in [0.2, 0.25) is 0 Å². The van der Waals surface area contributed by atoms with Crippen LogP contribution in [0, 0.1) is 6.92 Å². The summed E-state index contributed by atoms with van der Waals surface area (Å²) in [5.74, 6) is 0.344. The molecule has 3 aromatic rings. The molecule has 0 saturated carbocycles. The molecule has 0 atom stereocenters. The van der Waals surface area contributed by atoms with Crippen LogP contribution in [-0.4, -0.2) is 29.1 Å². The molecule has 0 radical (unpaired) electrons. The predicted octanol–water partition coefficient (Wildman–Crippen LogP) is 4.88. The highest BCUT2D eigenvalue weighted by atomic mass is 16.5. The first-order chi connectivity index (χ1) is 12.5. The first kappa shape index (κ1) is 17.7. The molecule has 0 unspecified atom stereocenters. The predicted molar refractivity (Wildman–Crippen MR) is 104 cm³/mol. The SMILES string of the molecule is CCN(CC)c1cccc(Oc2cc(C)nc3ccc(C(=O)O)cc23)c1. The Labute approximate surface area is 152 Å². The maximum absolute atomic E-state index is 11.3. The molecule has 1 aromatic heterocycles. The number of carbonyl (C=O) groups is 1. The lowest BCUT2D eigenvalue weighted by Gasteiger charge is -2.21. The third-order valence-corrected chi connectivity index (χ3v) is 4.32. The van der Waals surface area contributed by atoms with Crippen molar-refractivity contribution in [1.29, 1.82) is 0 Å². The van der Waals surface area contributed by atoms with Crippen LogP contribution in [0.25, 0.3) is 10.9 Å². The van der Waals surface area contributed by atoms with Gasteiger partial charge in [0.2, 0.25) is 0 Å². The number of ether oxygens (including phenoxy) is 1. The minimum atomic E-state index is -0.970. The molecular formula is C21H22N2O3. The fourth-order valence-corrected chi connectivity index (χ4v) is 3.00. The Bertz CT molecular complexity index is 949. The number of carboxylic acids is 1. The second-order valence-electron chi connectivity index (χ2n) is 6.07. The Morgan fingerprint density at radius 3 is 2.58 bits per heavy atom. The smallest absolute Gasteiger partial charge is 0.335 e. The molecule has 1 heterocycles. The van der Waals surface area contributed by atoms with E-state index in [9.17, 15) is 9.90 Å². The number of hydrogen-bond acceptors (Lipinski definition) is 4. The van der Waals surface area contributed by atoms with Gasteiger partial charge >= 0.3 is 5.97 Å². The van der Waals surface area contributed by atoms with Crippen LogP contribution in [0.3, 0.4) is 0 Å². The summed E-state index contributed by atoms with van der Waals surface area (Å²) in [6, 6.07) is 14.6. The summed E-state index contributed by atoms with van der Waals surface area (Å²) in [6.45, 7) is 7.95. The van der Waals surface area contributed by atoms with Crippen LogP contribution in [-0.2, 0) is 0 Å². The van der Waals surface area contributed by atoms with Crippen LogP contribution in [0.4, 0.5) is 5.69 Å². The molecule has 0 amide bonds. The first-order valence-corrected chi connectivity index (χ1v) is 8.69. The summed E-state index contributed by atoms with van der Waals surface area (Å²) in [4.78, 5) is 18.0. The highest BCUT2D eigenvalue weighted by molar-refractivity contribution is 5.95. The van der Waals surface area contributed by atoms with Gasteiger partial charge in [0.1, 0.15) is 11.5 Å². The molecule has 5 nitrogen and oxygen atoms in total. The molecule has 1 N–H and O–H groups in total. The topological polar surface area (TPSA) is 62.7 Å². The van der Waals surface area contributed by atoms with Gasteiger partial charge in [-0.05, 0) is 51.1 Å². The highest BCUT2D eigenvalue weighted by Crippen LogP contribution is 2.32. The van der Waals surface area contributed by atoms with E-state index in [1.165, 1.54) is 0 Å². The van der Waals surface area contributed by atoms with Gasteiger partial charge in [-0.15, -0.1) is 0 Å². The number of aromatic nitrogens is 1. The summed E-state index contributed by atoms with van der Waals surface area (Å²) in [6.07, 6.45) is 0. The molecule has 0 aliphatic rings. The zero-order chi connectivity index (χ0) is 18.7. The number of aromatic carboxylic acids is 1. The van der Waals surface area contributed by atoms with Gasteiger partial charge in [0.05, 0.1) is 11.1 Å². The molecule has 0 spiro atoms. The lowest BCUT2D eigenvalue weighted by molar-refractivity contribution is 0.0697. The van der Waals surface area contributed by atoms with Crippen molar-refractivity contribution in [3.05, 3.63) is 59.8 Å². The average molecular weight is 350 g/mol. The summed E-state index contributed by atoms with van der Waals surface area (Å²) < 4.78 is 6.13. The molecule has 0 bridgehead atoms. The summed E-state index contributed by atoms with van der Waals surface area (Å²) in [5.41, 5.74) is 2.83. The van der Waals surface area contributed by atoms with E-state index in [1.807, 2.05) is 31.2 Å². The fourth-order valence-electron chi connectivity index (χ4n) is 3.00. The minimum Gasteiger partial charge on any atom is -0.478 e. The average Bonchev–Trinajstić information content (AvgIpc) is 2.62. The number of benzene rings is 2. The zero-order valence-corrected chi connectivity index (χ0v) is 15.2. The lowest BCUT2D eigenvalue weighted by atomic mass is 10.1. The van der Waals surface area contributed by atoms with Crippen LogP contribution in [0.5, 0.6) is 11.5 Å². The van der Waals surface area contributed by atoms with E-state index < -0.39 is 5.97 Å². The second-order valence-corrected chi connectivity index (χ2v) is 6.07. The van der Waals surface area contributed by atoms with Crippen LogP contribution in [0.1, 0.15) is 29.9 Å². The van der Waals surface area contributed by atoms with Gasteiger partial charge in [-0.3, -0.25) is 4.98 Å². The number of aryl methyl sites for hydroxylation is 1. The van der Waals surface area contributed by atoms with Gasteiger partial charge in [0, 0.05) is 42.0 Å². The van der Waals surface area contributed by atoms with Crippen molar-refractivity contribution in [3.63, 3.8) is 0 Å². The molecular weight excluding hydrogens is 328 g/mol. The maximum Gasteiger partial charge on any atom is 0.335 e. The molecule has 3 rings (SSSR count). The molecule has 0 fully saturated rings. The maximum atomic E-state index is 11.3. The van der Waals surface area contributed by atoms with E-state index in [1.54, 1.807) is 18.2 Å². The van der Waals surface area contributed by atoms with Crippen LogP contribution in [0.15, 0.2) is 48.5 Å². The molecule has 134 valence electrons. The number of nitrogens with zero attached hydrogens (tertiary/aromatic N) is 2. The number of anilines is 1. The fraction of sp³-hybridized carbons (Fsp3) is 0.238. The van der Waals surface area contributed by atoms with Crippen molar-refractivity contribution < 1.29 is 14.6 Å². The summed E-state index contributed by atoms with van der Waals surface area (Å²) >= 11 is 0. The van der Waals surface area contributed by atoms with Crippen molar-refractivity contribution in [1.82, 2.24) is 4.98 Å². The second kappa shape index (κ2) is 7.44. The van der Waals surface area contributed by atoms with E-state index in [-0.39, 0.29) is 5.56 Å². The van der Waals surface area contributed by atoms with Gasteiger partial charge in [-0.1, -0.05) is 6.07 Å². The van der Waals surface area contributed by atoms with E-state index >= 15 is 0 Å². The number of hydrogen-bond donors (Lipinski definition) is 1. The van der Waals surface area contributed by atoms with Crippen molar-refractivity contribution in [2.24, 2.45) is 0 Å². The number of fused-ring (bicyclic) bond motifs is 1. The van der Waals surface area contributed by atoms with Crippen molar-refractivity contribution >= 4 is 22.6 Å². The number of rotatable bonds is 6. The van der Waals surface area contributed by atoms with E-state index in [2.05, 4.69) is 29.8 Å². The third-order valence-electron chi connectivity index (χ3n) is 4.32. The van der Waals surface area contributed by atoms with Gasteiger partial charge in [0.25, 0.3) is 0 Å². The Balaban J connectivity index is 2.04. The van der Waals surface area contributed by atoms with Crippen LogP contribution >= 0.6 is 0 Å². The standard InChI is InChI=1S/C21H22N2O3/c1-4-23(5-2)16-7-6-8-17(13-16)26-20-11-14(3)22-19-10-9-15(21(24)25)12-18(19)20/h6-13H,4-5H2,1-3H3,(H,24,25). The molecule has 0 saturated heterocycles. The normalized spacial score (nSPS) is 10.7.